The number of hydrogen-bond acceptors (Lipinski definition) is 5. The molecule has 0 radical (unpaired) electrons. The van der Waals surface area contributed by atoms with Crippen LogP contribution in [0.4, 0.5) is 0 Å². The van der Waals surface area contributed by atoms with E-state index in [-0.39, 0.29) is 12.5 Å². The van der Waals surface area contributed by atoms with Crippen LogP contribution in [0.1, 0.15) is 16.7 Å². The van der Waals surface area contributed by atoms with Gasteiger partial charge in [0.05, 0.1) is 24.9 Å². The number of ether oxygens (including phenoxy) is 3. The average molecular weight is 421 g/mol. The van der Waals surface area contributed by atoms with Gasteiger partial charge in [0.25, 0.3) is 5.91 Å². The highest BCUT2D eigenvalue weighted by Gasteiger charge is 2.09. The van der Waals surface area contributed by atoms with E-state index in [1.807, 2.05) is 26.0 Å². The molecule has 0 aromatic heterocycles. The van der Waals surface area contributed by atoms with Gasteiger partial charge in [-0.1, -0.05) is 6.07 Å². The Morgan fingerprint density at radius 3 is 2.62 bits per heavy atom. The molecule has 0 aliphatic carbocycles. The molecule has 2 aromatic rings. The molecule has 2 aromatic carbocycles. The second-order valence-electron chi connectivity index (χ2n) is 5.58. The lowest BCUT2D eigenvalue weighted by Crippen LogP contribution is -2.24. The molecule has 138 valence electrons. The third-order valence-electron chi connectivity index (χ3n) is 3.55. The summed E-state index contributed by atoms with van der Waals surface area (Å²) in [4.78, 5) is 11.9. The molecule has 7 heteroatoms. The van der Waals surface area contributed by atoms with Crippen LogP contribution in [0.25, 0.3) is 0 Å². The highest BCUT2D eigenvalue weighted by molar-refractivity contribution is 9.10. The van der Waals surface area contributed by atoms with E-state index in [2.05, 4.69) is 26.5 Å². The number of benzene rings is 2. The molecule has 0 spiro atoms. The van der Waals surface area contributed by atoms with Crippen molar-refractivity contribution in [3.05, 3.63) is 51.5 Å². The summed E-state index contributed by atoms with van der Waals surface area (Å²) in [7, 11) is 3.14. The van der Waals surface area contributed by atoms with Crippen molar-refractivity contribution in [2.24, 2.45) is 5.10 Å². The maximum Gasteiger partial charge on any atom is 0.277 e. The molecule has 1 amide bonds. The molecular formula is C19H21BrN2O4. The number of rotatable bonds is 7. The summed E-state index contributed by atoms with van der Waals surface area (Å²) in [5.41, 5.74) is 5.22. The summed E-state index contributed by atoms with van der Waals surface area (Å²) in [5.74, 6) is 1.56. The van der Waals surface area contributed by atoms with E-state index in [0.29, 0.717) is 22.8 Å². The Bertz CT molecular complexity index is 798. The van der Waals surface area contributed by atoms with Gasteiger partial charge in [-0.25, -0.2) is 5.43 Å². The highest BCUT2D eigenvalue weighted by Crippen LogP contribution is 2.30. The van der Waals surface area contributed by atoms with Crippen LogP contribution in [0.5, 0.6) is 17.2 Å². The van der Waals surface area contributed by atoms with Crippen LogP contribution in [-0.4, -0.2) is 32.9 Å². The molecule has 26 heavy (non-hydrogen) atoms. The zero-order valence-electron chi connectivity index (χ0n) is 15.1. The molecule has 0 saturated heterocycles. The van der Waals surface area contributed by atoms with Crippen LogP contribution in [0.15, 0.2) is 39.9 Å². The number of nitrogens with one attached hydrogen (secondary N) is 1. The number of hydrogen-bond donors (Lipinski definition) is 1. The molecule has 0 saturated carbocycles. The Morgan fingerprint density at radius 2 is 1.96 bits per heavy atom. The molecule has 0 unspecified atom stereocenters. The monoisotopic (exact) mass is 420 g/mol. The fraction of sp³-hybridized carbons (Fsp3) is 0.263. The van der Waals surface area contributed by atoms with Crippen LogP contribution in [0.3, 0.4) is 0 Å². The standard InChI is InChI=1S/C19H21BrN2O4/c1-12-7-13(2)19(16(20)8-12)26-11-18(23)22-21-10-14-5-6-15(24-3)9-17(14)25-4/h5-10H,11H2,1-4H3,(H,22,23). The molecule has 1 N–H and O–H groups in total. The van der Waals surface area contributed by atoms with Gasteiger partial charge in [-0.2, -0.15) is 5.10 Å². The first kappa shape index (κ1) is 19.8. The van der Waals surface area contributed by atoms with Crippen molar-refractivity contribution in [2.45, 2.75) is 13.8 Å². The lowest BCUT2D eigenvalue weighted by atomic mass is 10.1. The van der Waals surface area contributed by atoms with Gasteiger partial charge in [-0.05, 0) is 59.1 Å². The molecule has 0 atom stereocenters. The van der Waals surface area contributed by atoms with Gasteiger partial charge in [-0.3, -0.25) is 4.79 Å². The fourth-order valence-corrected chi connectivity index (χ4v) is 3.14. The van der Waals surface area contributed by atoms with Crippen molar-refractivity contribution in [1.82, 2.24) is 5.43 Å². The summed E-state index contributed by atoms with van der Waals surface area (Å²) >= 11 is 3.45. The minimum Gasteiger partial charge on any atom is -0.497 e. The van der Waals surface area contributed by atoms with Gasteiger partial charge in [-0.15, -0.1) is 0 Å². The number of methoxy groups -OCH3 is 2. The lowest BCUT2D eigenvalue weighted by molar-refractivity contribution is -0.123. The average Bonchev–Trinajstić information content (AvgIpc) is 2.61. The van der Waals surface area contributed by atoms with Gasteiger partial charge in [0.2, 0.25) is 0 Å². The predicted molar refractivity (Wildman–Crippen MR) is 104 cm³/mol. The minimum absolute atomic E-state index is 0.139. The van der Waals surface area contributed by atoms with Crippen molar-refractivity contribution in [1.29, 1.82) is 0 Å². The summed E-state index contributed by atoms with van der Waals surface area (Å²) < 4.78 is 16.8. The topological polar surface area (TPSA) is 69.2 Å². The normalized spacial score (nSPS) is 10.7. The first-order chi connectivity index (χ1) is 12.4. The second kappa shape index (κ2) is 9.24. The summed E-state index contributed by atoms with van der Waals surface area (Å²) in [6.45, 7) is 3.79. The number of carbonyl (C=O) groups is 1. The Hall–Kier alpha value is -2.54. The Kier molecular flexibility index (Phi) is 7.03. The zero-order valence-corrected chi connectivity index (χ0v) is 16.7. The summed E-state index contributed by atoms with van der Waals surface area (Å²) in [5, 5.41) is 3.94. The smallest absolute Gasteiger partial charge is 0.277 e. The number of aryl methyl sites for hydroxylation is 2. The van der Waals surface area contributed by atoms with E-state index in [1.165, 1.54) is 6.21 Å². The molecular weight excluding hydrogens is 400 g/mol. The maximum absolute atomic E-state index is 11.9. The predicted octanol–water partition coefficient (Wildman–Crippen LogP) is 3.61. The van der Waals surface area contributed by atoms with Crippen molar-refractivity contribution in [3.63, 3.8) is 0 Å². The Balaban J connectivity index is 1.94. The van der Waals surface area contributed by atoms with Gasteiger partial charge < -0.3 is 14.2 Å². The highest BCUT2D eigenvalue weighted by atomic mass is 79.9. The Labute approximate surface area is 161 Å². The van der Waals surface area contributed by atoms with E-state index >= 15 is 0 Å². The van der Waals surface area contributed by atoms with Gasteiger partial charge in [0.1, 0.15) is 17.2 Å². The van der Waals surface area contributed by atoms with Crippen LogP contribution in [0, 0.1) is 13.8 Å². The first-order valence-corrected chi connectivity index (χ1v) is 8.67. The number of halogens is 1. The van der Waals surface area contributed by atoms with Crippen LogP contribution < -0.4 is 19.6 Å². The SMILES string of the molecule is COc1ccc(C=NNC(=O)COc2c(C)cc(C)cc2Br)c(OC)c1. The third kappa shape index (κ3) is 5.23. The summed E-state index contributed by atoms with van der Waals surface area (Å²) in [6, 6.07) is 9.24. The molecule has 0 fully saturated rings. The lowest BCUT2D eigenvalue weighted by Gasteiger charge is -2.11. The zero-order chi connectivity index (χ0) is 19.1. The third-order valence-corrected chi connectivity index (χ3v) is 4.14. The molecule has 0 aliphatic heterocycles. The van der Waals surface area contributed by atoms with Crippen LogP contribution in [0.2, 0.25) is 0 Å². The van der Waals surface area contributed by atoms with Crippen LogP contribution in [-0.2, 0) is 4.79 Å². The number of amides is 1. The molecule has 0 bridgehead atoms. The van der Waals surface area contributed by atoms with E-state index in [0.717, 1.165) is 15.6 Å². The quantitative estimate of drug-likeness (QED) is 0.548. The van der Waals surface area contributed by atoms with E-state index in [4.69, 9.17) is 14.2 Å². The largest absolute Gasteiger partial charge is 0.497 e. The maximum atomic E-state index is 11.9. The fourth-order valence-electron chi connectivity index (χ4n) is 2.35. The van der Waals surface area contributed by atoms with E-state index in [9.17, 15) is 4.79 Å². The first-order valence-electron chi connectivity index (χ1n) is 7.88. The van der Waals surface area contributed by atoms with Crippen LogP contribution >= 0.6 is 15.9 Å². The number of hydrazone groups is 1. The van der Waals surface area contributed by atoms with Crippen molar-refractivity contribution in [3.8, 4) is 17.2 Å². The number of nitrogens with zero attached hydrogens (tertiary/aromatic N) is 1. The van der Waals surface area contributed by atoms with Gasteiger partial charge in [0, 0.05) is 11.6 Å². The Morgan fingerprint density at radius 1 is 1.19 bits per heavy atom. The van der Waals surface area contributed by atoms with E-state index < -0.39 is 0 Å². The number of carbonyl (C=O) groups excluding carboxylic acids is 1. The molecule has 6 nitrogen and oxygen atoms in total. The van der Waals surface area contributed by atoms with Gasteiger partial charge >= 0.3 is 0 Å². The van der Waals surface area contributed by atoms with Gasteiger partial charge in [0.15, 0.2) is 6.61 Å². The van der Waals surface area contributed by atoms with Crippen molar-refractivity contribution < 1.29 is 19.0 Å². The van der Waals surface area contributed by atoms with E-state index in [1.54, 1.807) is 32.4 Å². The van der Waals surface area contributed by atoms with Crippen molar-refractivity contribution in [2.75, 3.05) is 20.8 Å². The van der Waals surface area contributed by atoms with Crippen molar-refractivity contribution >= 4 is 28.1 Å². The molecule has 0 heterocycles. The second-order valence-corrected chi connectivity index (χ2v) is 6.44. The molecule has 0 aliphatic rings. The minimum atomic E-state index is -0.361. The summed E-state index contributed by atoms with van der Waals surface area (Å²) in [6.07, 6.45) is 1.50. The molecule has 2 rings (SSSR count).